The first-order valence-electron chi connectivity index (χ1n) is 5.29. The minimum Gasteiger partial charge on any atom is -0.495 e. The lowest BCUT2D eigenvalue weighted by atomic mass is 9.70. The summed E-state index contributed by atoms with van der Waals surface area (Å²) >= 11 is 5.98. The van der Waals surface area contributed by atoms with Crippen molar-refractivity contribution >= 4 is 11.6 Å². The van der Waals surface area contributed by atoms with E-state index in [2.05, 4.69) is 6.07 Å². The zero-order chi connectivity index (χ0) is 10.8. The van der Waals surface area contributed by atoms with E-state index in [9.17, 15) is 0 Å². The number of rotatable bonds is 3. The predicted molar refractivity (Wildman–Crippen MR) is 62.5 cm³/mol. The summed E-state index contributed by atoms with van der Waals surface area (Å²) in [5, 5.41) is 0.671. The third-order valence-electron chi connectivity index (χ3n) is 3.32. The van der Waals surface area contributed by atoms with Crippen LogP contribution in [-0.2, 0) is 0 Å². The van der Waals surface area contributed by atoms with Gasteiger partial charge in [0.25, 0.3) is 0 Å². The van der Waals surface area contributed by atoms with Crippen LogP contribution >= 0.6 is 11.6 Å². The molecule has 0 bridgehead atoms. The molecular formula is C12H16ClNO. The third kappa shape index (κ3) is 1.97. The minimum atomic E-state index is 0.598. The molecule has 0 heterocycles. The van der Waals surface area contributed by atoms with Crippen LogP contribution in [0.2, 0.25) is 5.02 Å². The average molecular weight is 226 g/mol. The molecule has 2 rings (SSSR count). The Kier molecular flexibility index (Phi) is 3.17. The van der Waals surface area contributed by atoms with Gasteiger partial charge in [0.2, 0.25) is 0 Å². The molecule has 0 saturated heterocycles. The van der Waals surface area contributed by atoms with Crippen LogP contribution in [-0.4, -0.2) is 13.7 Å². The first-order valence-corrected chi connectivity index (χ1v) is 5.67. The van der Waals surface area contributed by atoms with Crippen molar-refractivity contribution in [3.8, 4) is 5.75 Å². The summed E-state index contributed by atoms with van der Waals surface area (Å²) < 4.78 is 5.21. The van der Waals surface area contributed by atoms with Gasteiger partial charge in [-0.05, 0) is 48.9 Å². The maximum Gasteiger partial charge on any atom is 0.137 e. The van der Waals surface area contributed by atoms with Crippen molar-refractivity contribution in [2.45, 2.75) is 18.8 Å². The maximum atomic E-state index is 5.98. The van der Waals surface area contributed by atoms with E-state index < -0.39 is 0 Å². The minimum absolute atomic E-state index is 0.598. The number of ether oxygens (including phenoxy) is 1. The Labute approximate surface area is 95.4 Å². The monoisotopic (exact) mass is 225 g/mol. The second kappa shape index (κ2) is 4.42. The van der Waals surface area contributed by atoms with Gasteiger partial charge in [-0.2, -0.15) is 0 Å². The molecule has 0 amide bonds. The Bertz CT molecular complexity index is 351. The van der Waals surface area contributed by atoms with Gasteiger partial charge in [-0.3, -0.25) is 0 Å². The van der Waals surface area contributed by atoms with E-state index in [1.807, 2.05) is 12.1 Å². The number of hydrogen-bond acceptors (Lipinski definition) is 2. The molecule has 0 aliphatic heterocycles. The third-order valence-corrected chi connectivity index (χ3v) is 3.64. The molecule has 15 heavy (non-hydrogen) atoms. The zero-order valence-corrected chi connectivity index (χ0v) is 9.63. The molecule has 1 aromatic rings. The van der Waals surface area contributed by atoms with Gasteiger partial charge < -0.3 is 10.5 Å². The van der Waals surface area contributed by atoms with Crippen LogP contribution in [0.3, 0.4) is 0 Å². The lowest BCUT2D eigenvalue weighted by Gasteiger charge is -2.36. The highest BCUT2D eigenvalue weighted by Gasteiger charge is 2.31. The summed E-state index contributed by atoms with van der Waals surface area (Å²) in [4.78, 5) is 0. The van der Waals surface area contributed by atoms with Crippen LogP contribution in [0.5, 0.6) is 5.75 Å². The van der Waals surface area contributed by atoms with E-state index in [4.69, 9.17) is 22.1 Å². The molecule has 1 aromatic carbocycles. The van der Waals surface area contributed by atoms with Crippen molar-refractivity contribution in [3.05, 3.63) is 28.8 Å². The summed E-state index contributed by atoms with van der Waals surface area (Å²) in [6.07, 6.45) is 2.47. The van der Waals surface area contributed by atoms with Crippen molar-refractivity contribution < 1.29 is 4.74 Å². The van der Waals surface area contributed by atoms with Crippen LogP contribution in [0.25, 0.3) is 0 Å². The van der Waals surface area contributed by atoms with E-state index in [1.54, 1.807) is 7.11 Å². The van der Waals surface area contributed by atoms with Gasteiger partial charge in [0.05, 0.1) is 12.1 Å². The fourth-order valence-electron chi connectivity index (χ4n) is 2.20. The highest BCUT2D eigenvalue weighted by Crippen LogP contribution is 2.43. The number of benzene rings is 1. The topological polar surface area (TPSA) is 35.2 Å². The summed E-state index contributed by atoms with van der Waals surface area (Å²) in [5.41, 5.74) is 7.01. The number of nitrogens with two attached hydrogens (primary N) is 1. The molecule has 3 heteroatoms. The smallest absolute Gasteiger partial charge is 0.137 e. The van der Waals surface area contributed by atoms with Gasteiger partial charge in [0.15, 0.2) is 0 Å². The predicted octanol–water partition coefficient (Wildman–Crippen LogP) is 2.80. The Morgan fingerprint density at radius 2 is 2.27 bits per heavy atom. The molecule has 2 N–H and O–H groups in total. The lowest BCUT2D eigenvalue weighted by Crippen LogP contribution is -2.30. The first kappa shape index (κ1) is 10.8. The van der Waals surface area contributed by atoms with E-state index in [0.29, 0.717) is 16.9 Å². The van der Waals surface area contributed by atoms with Gasteiger partial charge in [0.1, 0.15) is 5.75 Å². The molecule has 0 spiro atoms. The molecule has 0 radical (unpaired) electrons. The van der Waals surface area contributed by atoms with Crippen LogP contribution in [0.15, 0.2) is 18.2 Å². The number of methoxy groups -OCH3 is 1. The normalized spacial score (nSPS) is 24.7. The Morgan fingerprint density at radius 1 is 1.47 bits per heavy atom. The van der Waals surface area contributed by atoms with Crippen LogP contribution in [0.4, 0.5) is 0 Å². The molecule has 1 aliphatic rings. The van der Waals surface area contributed by atoms with E-state index in [1.165, 1.54) is 18.4 Å². The SMILES string of the molecule is COc1cc(C2CCC2CN)ccc1Cl. The fourth-order valence-corrected chi connectivity index (χ4v) is 2.39. The van der Waals surface area contributed by atoms with Crippen molar-refractivity contribution in [2.24, 2.45) is 11.7 Å². The van der Waals surface area contributed by atoms with Gasteiger partial charge >= 0.3 is 0 Å². The quantitative estimate of drug-likeness (QED) is 0.859. The lowest BCUT2D eigenvalue weighted by molar-refractivity contribution is 0.263. The zero-order valence-electron chi connectivity index (χ0n) is 8.87. The van der Waals surface area contributed by atoms with Crippen molar-refractivity contribution in [2.75, 3.05) is 13.7 Å². The van der Waals surface area contributed by atoms with E-state index in [0.717, 1.165) is 12.3 Å². The highest BCUT2D eigenvalue weighted by molar-refractivity contribution is 6.32. The summed E-state index contributed by atoms with van der Waals surface area (Å²) in [5.74, 6) is 1.99. The summed E-state index contributed by atoms with van der Waals surface area (Å²) in [7, 11) is 1.65. The number of halogens is 1. The second-order valence-corrected chi connectivity index (χ2v) is 4.48. The molecule has 2 unspecified atom stereocenters. The Hall–Kier alpha value is -0.730. The summed E-state index contributed by atoms with van der Waals surface area (Å²) in [6.45, 7) is 0.773. The van der Waals surface area contributed by atoms with Crippen molar-refractivity contribution in [1.29, 1.82) is 0 Å². The van der Waals surface area contributed by atoms with Crippen molar-refractivity contribution in [1.82, 2.24) is 0 Å². The molecule has 0 aromatic heterocycles. The highest BCUT2D eigenvalue weighted by atomic mass is 35.5. The fraction of sp³-hybridized carbons (Fsp3) is 0.500. The molecule has 2 nitrogen and oxygen atoms in total. The Morgan fingerprint density at radius 3 is 2.80 bits per heavy atom. The standard InChI is InChI=1S/C12H16ClNO/c1-15-12-6-8(3-5-11(12)13)10-4-2-9(10)7-14/h3,5-6,9-10H,2,4,7,14H2,1H3. The Balaban J connectivity index is 2.22. The van der Waals surface area contributed by atoms with Gasteiger partial charge in [-0.15, -0.1) is 0 Å². The average Bonchev–Trinajstić information content (AvgIpc) is 2.20. The molecule has 2 atom stereocenters. The maximum absolute atomic E-state index is 5.98. The van der Waals surface area contributed by atoms with Crippen LogP contribution < -0.4 is 10.5 Å². The van der Waals surface area contributed by atoms with Crippen LogP contribution in [0, 0.1) is 5.92 Å². The van der Waals surface area contributed by atoms with Crippen LogP contribution in [0.1, 0.15) is 24.3 Å². The first-order chi connectivity index (χ1) is 7.26. The van der Waals surface area contributed by atoms with E-state index in [-0.39, 0.29) is 0 Å². The molecule has 1 aliphatic carbocycles. The van der Waals surface area contributed by atoms with Gasteiger partial charge in [-0.1, -0.05) is 17.7 Å². The molecular weight excluding hydrogens is 210 g/mol. The molecule has 1 fully saturated rings. The largest absolute Gasteiger partial charge is 0.495 e. The second-order valence-electron chi connectivity index (χ2n) is 4.07. The molecule has 82 valence electrons. The molecule has 1 saturated carbocycles. The van der Waals surface area contributed by atoms with E-state index >= 15 is 0 Å². The van der Waals surface area contributed by atoms with Gasteiger partial charge in [0, 0.05) is 0 Å². The number of hydrogen-bond donors (Lipinski definition) is 1. The van der Waals surface area contributed by atoms with Crippen molar-refractivity contribution in [3.63, 3.8) is 0 Å². The summed E-state index contributed by atoms with van der Waals surface area (Å²) in [6, 6.07) is 6.02. The van der Waals surface area contributed by atoms with Gasteiger partial charge in [-0.25, -0.2) is 0 Å².